The number of ether oxygens (including phenoxy) is 1. The fraction of sp³-hybridized carbons (Fsp3) is 0.529. The zero-order valence-electron chi connectivity index (χ0n) is 12.8. The lowest BCUT2D eigenvalue weighted by atomic mass is 9.86. The van der Waals surface area contributed by atoms with Gasteiger partial charge in [-0.3, -0.25) is 4.79 Å². The minimum atomic E-state index is -0.675. The van der Waals surface area contributed by atoms with E-state index >= 15 is 0 Å². The third kappa shape index (κ3) is 4.06. The molecule has 1 N–H and O–H groups in total. The number of amides is 1. The maximum absolute atomic E-state index is 14.2. The lowest BCUT2D eigenvalue weighted by Crippen LogP contribution is -2.37. The van der Waals surface area contributed by atoms with Gasteiger partial charge in [0.15, 0.2) is 0 Å². The van der Waals surface area contributed by atoms with Crippen LogP contribution in [0.3, 0.4) is 0 Å². The van der Waals surface area contributed by atoms with E-state index in [-0.39, 0.29) is 12.4 Å². The van der Waals surface area contributed by atoms with Crippen LogP contribution in [0.25, 0.3) is 0 Å². The van der Waals surface area contributed by atoms with Crippen molar-refractivity contribution in [2.75, 3.05) is 6.61 Å². The number of alkyl carbamates (subject to hydrolysis) is 1. The van der Waals surface area contributed by atoms with Gasteiger partial charge in [-0.1, -0.05) is 31.0 Å². The van der Waals surface area contributed by atoms with Crippen molar-refractivity contribution in [3.05, 3.63) is 35.6 Å². The van der Waals surface area contributed by atoms with Crippen molar-refractivity contribution < 1.29 is 18.7 Å². The number of hydrogen-bond acceptors (Lipinski definition) is 3. The zero-order chi connectivity index (χ0) is 15.9. The Morgan fingerprint density at radius 3 is 2.86 bits per heavy atom. The fourth-order valence-electron chi connectivity index (χ4n) is 2.96. The van der Waals surface area contributed by atoms with Crippen LogP contribution in [0.4, 0.5) is 9.18 Å². The number of ketones is 1. The number of rotatable bonds is 4. The van der Waals surface area contributed by atoms with Gasteiger partial charge in [-0.2, -0.15) is 0 Å². The lowest BCUT2D eigenvalue weighted by Gasteiger charge is -2.26. The average Bonchev–Trinajstić information content (AvgIpc) is 2.71. The Morgan fingerprint density at radius 2 is 2.14 bits per heavy atom. The van der Waals surface area contributed by atoms with Gasteiger partial charge in [0.2, 0.25) is 0 Å². The van der Waals surface area contributed by atoms with Crippen LogP contribution in [-0.2, 0) is 9.53 Å². The van der Waals surface area contributed by atoms with Crippen LogP contribution in [0.2, 0.25) is 0 Å². The van der Waals surface area contributed by atoms with Gasteiger partial charge in [-0.25, -0.2) is 9.18 Å². The minimum absolute atomic E-state index is 0.0857. The summed E-state index contributed by atoms with van der Waals surface area (Å²) < 4.78 is 19.1. The zero-order valence-corrected chi connectivity index (χ0v) is 12.8. The van der Waals surface area contributed by atoms with Crippen molar-refractivity contribution in [3.8, 4) is 0 Å². The van der Waals surface area contributed by atoms with Gasteiger partial charge >= 0.3 is 6.09 Å². The summed E-state index contributed by atoms with van der Waals surface area (Å²) in [5.74, 6) is -0.729. The Kier molecular flexibility index (Phi) is 5.92. The van der Waals surface area contributed by atoms with Crippen molar-refractivity contribution in [3.63, 3.8) is 0 Å². The summed E-state index contributed by atoms with van der Waals surface area (Å²) in [7, 11) is 0. The van der Waals surface area contributed by atoms with Crippen molar-refractivity contribution in [2.45, 2.75) is 45.1 Å². The summed E-state index contributed by atoms with van der Waals surface area (Å²) in [5, 5.41) is 2.68. The molecule has 2 unspecified atom stereocenters. The van der Waals surface area contributed by atoms with Crippen LogP contribution in [0.5, 0.6) is 0 Å². The summed E-state index contributed by atoms with van der Waals surface area (Å²) in [4.78, 5) is 24.2. The molecule has 0 spiro atoms. The highest BCUT2D eigenvalue weighted by molar-refractivity contribution is 5.83. The molecule has 1 aromatic carbocycles. The third-order valence-corrected chi connectivity index (χ3v) is 4.04. The molecule has 120 valence electrons. The van der Waals surface area contributed by atoms with Gasteiger partial charge in [0.1, 0.15) is 11.6 Å². The molecule has 1 saturated carbocycles. The number of nitrogens with one attached hydrogen (secondary N) is 1. The molecule has 22 heavy (non-hydrogen) atoms. The molecule has 0 radical (unpaired) electrons. The van der Waals surface area contributed by atoms with Gasteiger partial charge in [0.05, 0.1) is 12.6 Å². The highest BCUT2D eigenvalue weighted by atomic mass is 19.1. The second kappa shape index (κ2) is 7.92. The molecular weight excluding hydrogens is 285 g/mol. The maximum atomic E-state index is 14.2. The first-order chi connectivity index (χ1) is 10.6. The summed E-state index contributed by atoms with van der Waals surface area (Å²) in [6, 6.07) is 5.58. The molecule has 0 bridgehead atoms. The topological polar surface area (TPSA) is 55.4 Å². The molecule has 5 heteroatoms. The average molecular weight is 307 g/mol. The Labute approximate surface area is 130 Å². The van der Waals surface area contributed by atoms with E-state index in [2.05, 4.69) is 5.32 Å². The van der Waals surface area contributed by atoms with Crippen LogP contribution in [0, 0.1) is 11.7 Å². The molecule has 1 aromatic rings. The van der Waals surface area contributed by atoms with Crippen LogP contribution in [0.1, 0.15) is 50.6 Å². The second-order valence-corrected chi connectivity index (χ2v) is 5.54. The van der Waals surface area contributed by atoms with E-state index in [0.717, 1.165) is 19.3 Å². The van der Waals surface area contributed by atoms with Gasteiger partial charge < -0.3 is 10.1 Å². The summed E-state index contributed by atoms with van der Waals surface area (Å²) in [5.41, 5.74) is 0.343. The molecule has 2 atom stereocenters. The normalized spacial score (nSPS) is 20.1. The minimum Gasteiger partial charge on any atom is -0.450 e. The van der Waals surface area contributed by atoms with Crippen molar-refractivity contribution >= 4 is 11.9 Å². The molecule has 0 aliphatic heterocycles. The Hall–Kier alpha value is -1.91. The lowest BCUT2D eigenvalue weighted by molar-refractivity contribution is -0.123. The first-order valence-corrected chi connectivity index (χ1v) is 7.84. The Balaban J connectivity index is 2.29. The van der Waals surface area contributed by atoms with E-state index in [4.69, 9.17) is 4.74 Å². The largest absolute Gasteiger partial charge is 0.450 e. The first kappa shape index (κ1) is 16.5. The van der Waals surface area contributed by atoms with Gasteiger partial charge in [0.25, 0.3) is 0 Å². The fourth-order valence-corrected chi connectivity index (χ4v) is 2.96. The number of halogens is 1. The molecule has 1 aliphatic carbocycles. The number of Topliss-reactive ketones (excluding diaryl/α,β-unsaturated/α-hetero) is 1. The summed E-state index contributed by atoms with van der Waals surface area (Å²) in [6.07, 6.45) is 3.29. The second-order valence-electron chi connectivity index (χ2n) is 5.54. The van der Waals surface area contributed by atoms with E-state index in [1.54, 1.807) is 25.1 Å². The molecular formula is C17H22FNO3. The standard InChI is InChI=1S/C17H22FNO3/c1-2-22-17(21)19-16(12-8-6-7-10-14(12)18)13-9-4-3-5-11-15(13)20/h6-8,10,13,16H,2-5,9,11H2,1H3,(H,19,21). The number of carbonyl (C=O) groups excluding carboxylic acids is 2. The quantitative estimate of drug-likeness (QED) is 0.862. The van der Waals surface area contributed by atoms with Gasteiger partial charge in [0, 0.05) is 17.9 Å². The highest BCUT2D eigenvalue weighted by Crippen LogP contribution is 2.32. The highest BCUT2D eigenvalue weighted by Gasteiger charge is 2.33. The predicted molar refractivity (Wildman–Crippen MR) is 80.9 cm³/mol. The molecule has 0 aromatic heterocycles. The van der Waals surface area contributed by atoms with Gasteiger partial charge in [-0.05, 0) is 25.8 Å². The van der Waals surface area contributed by atoms with Crippen molar-refractivity contribution in [2.24, 2.45) is 5.92 Å². The van der Waals surface area contributed by atoms with E-state index < -0.39 is 23.9 Å². The van der Waals surface area contributed by atoms with E-state index in [1.165, 1.54) is 6.07 Å². The molecule has 1 amide bonds. The van der Waals surface area contributed by atoms with Crippen LogP contribution in [-0.4, -0.2) is 18.5 Å². The first-order valence-electron chi connectivity index (χ1n) is 7.84. The molecule has 0 heterocycles. The summed E-state index contributed by atoms with van der Waals surface area (Å²) >= 11 is 0. The van der Waals surface area contributed by atoms with Crippen molar-refractivity contribution in [1.29, 1.82) is 0 Å². The van der Waals surface area contributed by atoms with Crippen LogP contribution in [0.15, 0.2) is 24.3 Å². The van der Waals surface area contributed by atoms with Crippen LogP contribution < -0.4 is 5.32 Å². The van der Waals surface area contributed by atoms with Crippen LogP contribution >= 0.6 is 0 Å². The van der Waals surface area contributed by atoms with E-state index in [1.807, 2.05) is 0 Å². The van der Waals surface area contributed by atoms with E-state index in [0.29, 0.717) is 18.4 Å². The SMILES string of the molecule is CCOC(=O)NC(c1ccccc1F)C1CCCCCC1=O. The molecule has 1 fully saturated rings. The Bertz CT molecular complexity index is 532. The molecule has 2 rings (SSSR count). The number of benzene rings is 1. The van der Waals surface area contributed by atoms with Crippen molar-refractivity contribution in [1.82, 2.24) is 5.32 Å². The smallest absolute Gasteiger partial charge is 0.407 e. The summed E-state index contributed by atoms with van der Waals surface area (Å²) in [6.45, 7) is 1.93. The number of hydrogen-bond donors (Lipinski definition) is 1. The maximum Gasteiger partial charge on any atom is 0.407 e. The third-order valence-electron chi connectivity index (χ3n) is 4.04. The number of carbonyl (C=O) groups is 2. The monoisotopic (exact) mass is 307 g/mol. The van der Waals surface area contributed by atoms with E-state index in [9.17, 15) is 14.0 Å². The van der Waals surface area contributed by atoms with Gasteiger partial charge in [-0.15, -0.1) is 0 Å². The molecule has 1 aliphatic rings. The molecule has 4 nitrogen and oxygen atoms in total. The predicted octanol–water partition coefficient (Wildman–Crippen LogP) is 3.76. The Morgan fingerprint density at radius 1 is 1.36 bits per heavy atom. The molecule has 0 saturated heterocycles.